The van der Waals surface area contributed by atoms with Crippen LogP contribution in [-0.2, 0) is 6.54 Å². The maximum atomic E-state index is 11.9. The van der Waals surface area contributed by atoms with Gasteiger partial charge in [0.25, 0.3) is 0 Å². The van der Waals surface area contributed by atoms with Crippen LogP contribution in [-0.4, -0.2) is 7.11 Å². The van der Waals surface area contributed by atoms with Crippen LogP contribution in [0.2, 0.25) is 5.02 Å². The average Bonchev–Trinajstić information content (AvgIpc) is 2.59. The fourth-order valence-corrected chi connectivity index (χ4v) is 2.62. The minimum atomic E-state index is -0.497. The molecule has 0 aliphatic carbocycles. The topological polar surface area (TPSA) is 55.4 Å². The molecular formula is C18H14ClNO3. The molecule has 0 unspecified atom stereocenters. The van der Waals surface area contributed by atoms with Crippen molar-refractivity contribution in [3.05, 3.63) is 79.6 Å². The molecule has 3 aromatic carbocycles. The Hall–Kier alpha value is -2.59. The number of rotatable bonds is 5. The van der Waals surface area contributed by atoms with Gasteiger partial charge in [-0.3, -0.25) is 9.59 Å². The quantitative estimate of drug-likeness (QED) is 0.731. The Morgan fingerprint density at radius 3 is 2.35 bits per heavy atom. The molecule has 0 fully saturated rings. The Labute approximate surface area is 138 Å². The van der Waals surface area contributed by atoms with E-state index >= 15 is 0 Å². The summed E-state index contributed by atoms with van der Waals surface area (Å²) in [7, 11) is 1.57. The van der Waals surface area contributed by atoms with Gasteiger partial charge in [-0.05, 0) is 29.3 Å². The normalized spacial score (nSPS) is 10.7. The monoisotopic (exact) mass is 327 g/mol. The molecular weight excluding hydrogens is 314 g/mol. The molecule has 4 nitrogen and oxygen atoms in total. The summed E-state index contributed by atoms with van der Waals surface area (Å²) >= 11 is 6.10. The summed E-state index contributed by atoms with van der Waals surface area (Å²) in [6.07, 6.45) is 0. The van der Waals surface area contributed by atoms with E-state index in [0.717, 1.165) is 5.56 Å². The lowest BCUT2D eigenvalue weighted by molar-refractivity contribution is 0.415. The molecule has 0 bridgehead atoms. The van der Waals surface area contributed by atoms with Crippen molar-refractivity contribution in [3.8, 4) is 16.9 Å². The lowest BCUT2D eigenvalue weighted by Gasteiger charge is -2.14. The molecule has 0 saturated heterocycles. The maximum Gasteiger partial charge on any atom is 0.250 e. The number of anilines is 1. The molecule has 3 rings (SSSR count). The molecule has 0 spiro atoms. The second-order valence-corrected chi connectivity index (χ2v) is 5.49. The molecule has 23 heavy (non-hydrogen) atoms. The number of benzene rings is 2. The van der Waals surface area contributed by atoms with Crippen molar-refractivity contribution in [2.24, 2.45) is 0 Å². The van der Waals surface area contributed by atoms with Gasteiger partial charge in [0.15, 0.2) is 0 Å². The van der Waals surface area contributed by atoms with Gasteiger partial charge in [0.1, 0.15) is 5.75 Å². The van der Waals surface area contributed by atoms with E-state index in [1.807, 2.05) is 18.2 Å². The molecule has 0 aliphatic heterocycles. The Balaban J connectivity index is 1.86. The second kappa shape index (κ2) is 6.26. The first-order chi connectivity index (χ1) is 11.1. The smallest absolute Gasteiger partial charge is 0.250 e. The minimum Gasteiger partial charge on any atom is -0.497 e. The summed E-state index contributed by atoms with van der Waals surface area (Å²) in [5.74, 6) is 0.693. The highest BCUT2D eigenvalue weighted by Crippen LogP contribution is 2.26. The van der Waals surface area contributed by atoms with E-state index in [9.17, 15) is 9.59 Å². The number of hydrogen-bond acceptors (Lipinski definition) is 4. The van der Waals surface area contributed by atoms with Crippen LogP contribution in [0, 0.1) is 0 Å². The predicted octanol–water partition coefficient (Wildman–Crippen LogP) is 3.22. The molecule has 0 aromatic heterocycles. The van der Waals surface area contributed by atoms with Gasteiger partial charge in [-0.15, -0.1) is 0 Å². The molecule has 3 aromatic rings. The van der Waals surface area contributed by atoms with Crippen molar-refractivity contribution in [3.63, 3.8) is 0 Å². The maximum absolute atomic E-state index is 11.9. The molecule has 0 heterocycles. The van der Waals surface area contributed by atoms with E-state index < -0.39 is 10.9 Å². The molecule has 0 saturated carbocycles. The molecule has 0 radical (unpaired) electrons. The molecule has 5 heteroatoms. The summed E-state index contributed by atoms with van der Waals surface area (Å²) in [4.78, 5) is 23.7. The molecule has 0 atom stereocenters. The number of ether oxygens (including phenoxy) is 1. The highest BCUT2D eigenvalue weighted by molar-refractivity contribution is 6.31. The fourth-order valence-electron chi connectivity index (χ4n) is 2.42. The third kappa shape index (κ3) is 2.85. The van der Waals surface area contributed by atoms with Gasteiger partial charge in [-0.1, -0.05) is 41.9 Å². The van der Waals surface area contributed by atoms with E-state index in [2.05, 4.69) is 5.32 Å². The van der Waals surface area contributed by atoms with Gasteiger partial charge in [0.05, 0.1) is 18.4 Å². The lowest BCUT2D eigenvalue weighted by Crippen LogP contribution is -2.36. The van der Waals surface area contributed by atoms with Crippen molar-refractivity contribution in [1.29, 1.82) is 0 Å². The van der Waals surface area contributed by atoms with Crippen LogP contribution in [0.25, 0.3) is 11.1 Å². The first-order valence-corrected chi connectivity index (χ1v) is 7.44. The zero-order chi connectivity index (χ0) is 16.4. The van der Waals surface area contributed by atoms with Crippen LogP contribution < -0.4 is 20.9 Å². The van der Waals surface area contributed by atoms with Crippen molar-refractivity contribution in [2.75, 3.05) is 12.4 Å². The lowest BCUT2D eigenvalue weighted by atomic mass is 9.98. The minimum absolute atomic E-state index is 0.333. The summed E-state index contributed by atoms with van der Waals surface area (Å²) in [5, 5.41) is 3.64. The number of hydrogen-bond donors (Lipinski definition) is 1. The Kier molecular flexibility index (Phi) is 4.17. The predicted molar refractivity (Wildman–Crippen MR) is 92.1 cm³/mol. The summed E-state index contributed by atoms with van der Waals surface area (Å²) < 4.78 is 5.10. The van der Waals surface area contributed by atoms with Crippen molar-refractivity contribution in [2.45, 2.75) is 6.54 Å². The van der Waals surface area contributed by atoms with Crippen LogP contribution in [0.4, 0.5) is 5.69 Å². The second-order valence-electron chi connectivity index (χ2n) is 5.08. The summed E-state index contributed by atoms with van der Waals surface area (Å²) in [6.45, 7) is 0.383. The van der Waals surface area contributed by atoms with Gasteiger partial charge >= 0.3 is 0 Å². The van der Waals surface area contributed by atoms with E-state index in [4.69, 9.17) is 16.3 Å². The zero-order valence-corrected chi connectivity index (χ0v) is 13.2. The van der Waals surface area contributed by atoms with Crippen LogP contribution >= 0.6 is 11.6 Å². The van der Waals surface area contributed by atoms with E-state index in [-0.39, 0.29) is 0 Å². The van der Waals surface area contributed by atoms with E-state index in [1.165, 1.54) is 0 Å². The Morgan fingerprint density at radius 1 is 1.00 bits per heavy atom. The van der Waals surface area contributed by atoms with Gasteiger partial charge in [-0.2, -0.15) is 0 Å². The molecule has 116 valence electrons. The van der Waals surface area contributed by atoms with Gasteiger partial charge in [0, 0.05) is 11.6 Å². The van der Waals surface area contributed by atoms with Crippen LogP contribution in [0.1, 0.15) is 5.56 Å². The van der Waals surface area contributed by atoms with E-state index in [0.29, 0.717) is 34.1 Å². The summed E-state index contributed by atoms with van der Waals surface area (Å²) in [5.41, 5.74) is 1.32. The van der Waals surface area contributed by atoms with Crippen molar-refractivity contribution in [1.82, 2.24) is 0 Å². The first-order valence-electron chi connectivity index (χ1n) is 7.07. The fraction of sp³-hybridized carbons (Fsp3) is 0.111. The van der Waals surface area contributed by atoms with E-state index in [1.54, 1.807) is 37.4 Å². The summed E-state index contributed by atoms with van der Waals surface area (Å²) in [6, 6.07) is 14.4. The molecule has 1 N–H and O–H groups in total. The standard InChI is InChI=1S/C18H14ClNO3/c1-23-13-8-6-11(7-9-13)15-16(18(22)17(15)21)20-10-12-4-2-3-5-14(12)19/h2-9,20H,10H2,1H3. The Morgan fingerprint density at radius 2 is 1.70 bits per heavy atom. The molecule has 0 amide bonds. The van der Waals surface area contributed by atoms with Crippen LogP contribution in [0.15, 0.2) is 58.1 Å². The van der Waals surface area contributed by atoms with Gasteiger partial charge in [-0.25, -0.2) is 0 Å². The Bertz CT molecular complexity index is 909. The largest absolute Gasteiger partial charge is 0.497 e. The highest BCUT2D eigenvalue weighted by atomic mass is 35.5. The first kappa shape index (κ1) is 15.3. The number of halogens is 1. The number of methoxy groups -OCH3 is 1. The highest BCUT2D eigenvalue weighted by Gasteiger charge is 2.22. The van der Waals surface area contributed by atoms with Gasteiger partial charge < -0.3 is 10.1 Å². The van der Waals surface area contributed by atoms with Crippen LogP contribution in [0.5, 0.6) is 5.75 Å². The van der Waals surface area contributed by atoms with Crippen molar-refractivity contribution < 1.29 is 4.74 Å². The SMILES string of the molecule is COc1ccc(-c2c(NCc3ccccc3Cl)c(=O)c2=O)cc1. The van der Waals surface area contributed by atoms with Gasteiger partial charge in [0.2, 0.25) is 10.9 Å². The molecule has 0 aliphatic rings. The third-order valence-corrected chi connectivity index (χ3v) is 4.07. The van der Waals surface area contributed by atoms with Crippen LogP contribution in [0.3, 0.4) is 0 Å². The zero-order valence-electron chi connectivity index (χ0n) is 12.4. The van der Waals surface area contributed by atoms with Crippen molar-refractivity contribution >= 4 is 17.3 Å². The third-order valence-electron chi connectivity index (χ3n) is 3.70. The average molecular weight is 328 g/mol. The number of nitrogens with one attached hydrogen (secondary N) is 1.